The summed E-state index contributed by atoms with van der Waals surface area (Å²) in [5.41, 5.74) is 1.72. The van der Waals surface area contributed by atoms with E-state index >= 15 is 0 Å². The van der Waals surface area contributed by atoms with Gasteiger partial charge in [-0.3, -0.25) is 0 Å². The second-order valence-electron chi connectivity index (χ2n) is 4.61. The van der Waals surface area contributed by atoms with Crippen LogP contribution in [0.3, 0.4) is 0 Å². The Bertz CT molecular complexity index is 744. The van der Waals surface area contributed by atoms with Crippen molar-refractivity contribution < 1.29 is 13.2 Å². The van der Waals surface area contributed by atoms with Gasteiger partial charge in [0.2, 0.25) is 10.0 Å². The zero-order valence-corrected chi connectivity index (χ0v) is 13.3. The lowest BCUT2D eigenvalue weighted by Gasteiger charge is -2.09. The molecule has 0 saturated carbocycles. The molecule has 0 heterocycles. The predicted molar refractivity (Wildman–Crippen MR) is 83.2 cm³/mol. The second kappa shape index (κ2) is 6.47. The average molecular weight is 326 g/mol. The molecule has 0 spiro atoms. The van der Waals surface area contributed by atoms with E-state index < -0.39 is 10.0 Å². The molecule has 0 aromatic heterocycles. The highest BCUT2D eigenvalue weighted by Crippen LogP contribution is 2.22. The van der Waals surface area contributed by atoms with E-state index in [1.807, 2.05) is 13.0 Å². The third-order valence-corrected chi connectivity index (χ3v) is 4.86. The highest BCUT2D eigenvalue weighted by molar-refractivity contribution is 7.89. The van der Waals surface area contributed by atoms with Gasteiger partial charge in [0, 0.05) is 6.54 Å². The van der Waals surface area contributed by atoms with Gasteiger partial charge in [0.15, 0.2) is 0 Å². The maximum absolute atomic E-state index is 12.3. The van der Waals surface area contributed by atoms with Crippen molar-refractivity contribution in [2.24, 2.45) is 0 Å². The fourth-order valence-corrected chi connectivity index (χ4v) is 3.48. The molecular formula is C15H16ClNO3S. The van der Waals surface area contributed by atoms with Gasteiger partial charge < -0.3 is 4.74 Å². The molecule has 2 aromatic carbocycles. The molecule has 21 heavy (non-hydrogen) atoms. The Kier molecular flexibility index (Phi) is 4.88. The molecule has 4 nitrogen and oxygen atoms in total. The molecule has 0 saturated heterocycles. The van der Waals surface area contributed by atoms with Crippen LogP contribution in [0.15, 0.2) is 47.4 Å². The minimum Gasteiger partial charge on any atom is -0.497 e. The summed E-state index contributed by atoms with van der Waals surface area (Å²) < 4.78 is 32.2. The quantitative estimate of drug-likeness (QED) is 0.918. The molecule has 0 bridgehead atoms. The summed E-state index contributed by atoms with van der Waals surface area (Å²) in [4.78, 5) is 0.0812. The van der Waals surface area contributed by atoms with Crippen molar-refractivity contribution in [3.8, 4) is 5.75 Å². The van der Waals surface area contributed by atoms with Crippen molar-refractivity contribution in [1.29, 1.82) is 0 Å². The van der Waals surface area contributed by atoms with Crippen LogP contribution in [0.2, 0.25) is 5.02 Å². The molecule has 0 amide bonds. The maximum Gasteiger partial charge on any atom is 0.242 e. The summed E-state index contributed by atoms with van der Waals surface area (Å²) in [6.45, 7) is 2.02. The van der Waals surface area contributed by atoms with E-state index in [2.05, 4.69) is 4.72 Å². The van der Waals surface area contributed by atoms with Gasteiger partial charge in [-0.1, -0.05) is 29.8 Å². The number of hydrogen-bond donors (Lipinski definition) is 1. The van der Waals surface area contributed by atoms with Crippen LogP contribution in [-0.4, -0.2) is 15.5 Å². The van der Waals surface area contributed by atoms with E-state index in [0.29, 0.717) is 5.75 Å². The first-order chi connectivity index (χ1) is 9.92. The number of methoxy groups -OCH3 is 1. The van der Waals surface area contributed by atoms with Crippen molar-refractivity contribution in [2.75, 3.05) is 7.11 Å². The van der Waals surface area contributed by atoms with Gasteiger partial charge in [-0.15, -0.1) is 0 Å². The molecule has 0 unspecified atom stereocenters. The van der Waals surface area contributed by atoms with Crippen molar-refractivity contribution >= 4 is 21.6 Å². The molecule has 0 aliphatic rings. The molecular weight excluding hydrogens is 310 g/mol. The van der Waals surface area contributed by atoms with Crippen LogP contribution in [0, 0.1) is 6.92 Å². The van der Waals surface area contributed by atoms with Crippen LogP contribution in [-0.2, 0) is 16.6 Å². The summed E-state index contributed by atoms with van der Waals surface area (Å²) in [6, 6.07) is 12.1. The highest BCUT2D eigenvalue weighted by Gasteiger charge is 2.17. The van der Waals surface area contributed by atoms with Crippen LogP contribution < -0.4 is 9.46 Å². The molecule has 112 valence electrons. The van der Waals surface area contributed by atoms with E-state index in [-0.39, 0.29) is 16.5 Å². The largest absolute Gasteiger partial charge is 0.497 e. The second-order valence-corrected chi connectivity index (χ2v) is 6.75. The summed E-state index contributed by atoms with van der Waals surface area (Å²) in [6.07, 6.45) is 0. The van der Waals surface area contributed by atoms with Crippen LogP contribution in [0.25, 0.3) is 0 Å². The SMILES string of the molecule is COc1cccc(CNS(=O)(=O)c2ccc(C)cc2Cl)c1. The molecule has 1 N–H and O–H groups in total. The molecule has 0 aliphatic heterocycles. The molecule has 2 aromatic rings. The van der Waals surface area contributed by atoms with Crippen LogP contribution in [0.5, 0.6) is 5.75 Å². The number of aryl methyl sites for hydroxylation is 1. The number of ether oxygens (including phenoxy) is 1. The van der Waals surface area contributed by atoms with Gasteiger partial charge in [0.1, 0.15) is 10.6 Å². The Morgan fingerprint density at radius 3 is 2.62 bits per heavy atom. The molecule has 0 fully saturated rings. The van der Waals surface area contributed by atoms with E-state index in [1.54, 1.807) is 37.4 Å². The molecule has 6 heteroatoms. The Morgan fingerprint density at radius 1 is 1.19 bits per heavy atom. The third-order valence-electron chi connectivity index (χ3n) is 2.98. The van der Waals surface area contributed by atoms with E-state index in [1.165, 1.54) is 6.07 Å². The smallest absolute Gasteiger partial charge is 0.242 e. The minimum absolute atomic E-state index is 0.0812. The van der Waals surface area contributed by atoms with Crippen molar-refractivity contribution in [2.45, 2.75) is 18.4 Å². The summed E-state index contributed by atoms with van der Waals surface area (Å²) in [7, 11) is -2.08. The van der Waals surface area contributed by atoms with Crippen LogP contribution in [0.4, 0.5) is 0 Å². The normalized spacial score (nSPS) is 11.4. The number of sulfonamides is 1. The number of hydrogen-bond acceptors (Lipinski definition) is 3. The van der Waals surface area contributed by atoms with Gasteiger partial charge in [0.25, 0.3) is 0 Å². The first-order valence-corrected chi connectivity index (χ1v) is 8.17. The Morgan fingerprint density at radius 2 is 1.95 bits per heavy atom. The highest BCUT2D eigenvalue weighted by atomic mass is 35.5. The molecule has 0 radical (unpaired) electrons. The summed E-state index contributed by atoms with van der Waals surface area (Å²) in [5.74, 6) is 0.681. The van der Waals surface area contributed by atoms with Crippen LogP contribution in [0.1, 0.15) is 11.1 Å². The third kappa shape index (κ3) is 3.97. The lowest BCUT2D eigenvalue weighted by Crippen LogP contribution is -2.23. The fraction of sp³-hybridized carbons (Fsp3) is 0.200. The lowest BCUT2D eigenvalue weighted by atomic mass is 10.2. The van der Waals surface area contributed by atoms with E-state index in [9.17, 15) is 8.42 Å². The number of halogens is 1. The minimum atomic E-state index is -3.65. The average Bonchev–Trinajstić information content (AvgIpc) is 2.45. The van der Waals surface area contributed by atoms with Crippen molar-refractivity contribution in [3.63, 3.8) is 0 Å². The Labute approximate surface area is 129 Å². The van der Waals surface area contributed by atoms with Gasteiger partial charge in [-0.25, -0.2) is 13.1 Å². The predicted octanol–water partition coefficient (Wildman–Crippen LogP) is 3.14. The van der Waals surface area contributed by atoms with Gasteiger partial charge in [-0.05, 0) is 42.3 Å². The van der Waals surface area contributed by atoms with Gasteiger partial charge >= 0.3 is 0 Å². The fourth-order valence-electron chi connectivity index (χ4n) is 1.86. The van der Waals surface area contributed by atoms with Gasteiger partial charge in [-0.2, -0.15) is 0 Å². The van der Waals surface area contributed by atoms with E-state index in [0.717, 1.165) is 11.1 Å². The number of benzene rings is 2. The Hall–Kier alpha value is -1.56. The van der Waals surface area contributed by atoms with Crippen molar-refractivity contribution in [1.82, 2.24) is 4.72 Å². The first kappa shape index (κ1) is 15.8. The number of rotatable bonds is 5. The maximum atomic E-state index is 12.3. The first-order valence-electron chi connectivity index (χ1n) is 6.31. The Balaban J connectivity index is 2.17. The van der Waals surface area contributed by atoms with Crippen molar-refractivity contribution in [3.05, 3.63) is 58.6 Å². The summed E-state index contributed by atoms with van der Waals surface area (Å²) >= 11 is 6.00. The summed E-state index contributed by atoms with van der Waals surface area (Å²) in [5, 5.41) is 0.216. The number of nitrogens with one attached hydrogen (secondary N) is 1. The standard InChI is InChI=1S/C15H16ClNO3S/c1-11-6-7-15(14(16)8-11)21(18,19)17-10-12-4-3-5-13(9-12)20-2/h3-9,17H,10H2,1-2H3. The van der Waals surface area contributed by atoms with Gasteiger partial charge in [0.05, 0.1) is 12.1 Å². The molecule has 2 rings (SSSR count). The van der Waals surface area contributed by atoms with E-state index in [4.69, 9.17) is 16.3 Å². The topological polar surface area (TPSA) is 55.4 Å². The lowest BCUT2D eigenvalue weighted by molar-refractivity contribution is 0.414. The zero-order valence-electron chi connectivity index (χ0n) is 11.8. The zero-order chi connectivity index (χ0) is 15.5. The van der Waals surface area contributed by atoms with Crippen LogP contribution >= 0.6 is 11.6 Å². The monoisotopic (exact) mass is 325 g/mol. The molecule has 0 aliphatic carbocycles. The molecule has 0 atom stereocenters.